The van der Waals surface area contributed by atoms with Crippen LogP contribution in [0.1, 0.15) is 57.9 Å². The minimum atomic E-state index is -1.17. The molecule has 1 aromatic rings. The van der Waals surface area contributed by atoms with E-state index in [1.165, 1.54) is 38.5 Å². The van der Waals surface area contributed by atoms with Gasteiger partial charge < -0.3 is 9.53 Å². The number of phenols is 1. The van der Waals surface area contributed by atoms with Crippen LogP contribution < -0.4 is 0 Å². The van der Waals surface area contributed by atoms with Crippen molar-refractivity contribution in [2.24, 2.45) is 0 Å². The number of halogens is 1. The number of unbranched alkanes of at least 4 members (excludes halogenated alkanes) is 2. The molecule has 1 rings (SSSR count). The highest BCUT2D eigenvalue weighted by Crippen LogP contribution is 2.28. The average molecular weight is 373 g/mol. The summed E-state index contributed by atoms with van der Waals surface area (Å²) >= 11 is 3.31. The number of rotatable bonds is 10. The van der Waals surface area contributed by atoms with E-state index in [1.807, 2.05) is 12.1 Å². The highest BCUT2D eigenvalue weighted by atomic mass is 79.9. The van der Waals surface area contributed by atoms with Gasteiger partial charge in [0.2, 0.25) is 0 Å². The first-order chi connectivity index (χ1) is 10.1. The summed E-state index contributed by atoms with van der Waals surface area (Å²) in [7, 11) is -1.17. The molecule has 0 saturated heterocycles. The van der Waals surface area contributed by atoms with Crippen LogP contribution in [-0.2, 0) is 11.0 Å². The van der Waals surface area contributed by atoms with Gasteiger partial charge in [-0.1, -0.05) is 58.4 Å². The number of aromatic hydroxyl groups is 1. The van der Waals surface area contributed by atoms with E-state index in [4.69, 9.17) is 4.43 Å². The first kappa shape index (κ1) is 18.7. The molecule has 1 aromatic carbocycles. The summed E-state index contributed by atoms with van der Waals surface area (Å²) in [4.78, 5) is 0. The smallest absolute Gasteiger partial charge is 0.177 e. The van der Waals surface area contributed by atoms with Crippen molar-refractivity contribution >= 4 is 25.0 Å². The van der Waals surface area contributed by atoms with Crippen molar-refractivity contribution < 1.29 is 9.53 Å². The summed E-state index contributed by atoms with van der Waals surface area (Å²) in [5.74, 6) is 0.291. The van der Waals surface area contributed by atoms with Gasteiger partial charge in [0.05, 0.1) is 11.1 Å². The third-order valence-electron chi connectivity index (χ3n) is 4.04. The van der Waals surface area contributed by atoms with Crippen molar-refractivity contribution in [3.63, 3.8) is 0 Å². The van der Waals surface area contributed by atoms with Gasteiger partial charge in [-0.3, -0.25) is 0 Å². The molecule has 0 saturated carbocycles. The standard InChI is InChI=1S/C17H29BrO2Si/c1-4-6-8-15(9-7-5-2)21(3)20-13-14-10-11-16(18)17(19)12-14/h10-12,15,19,21H,4-9,13H2,1-3H3. The van der Waals surface area contributed by atoms with E-state index in [-0.39, 0.29) is 0 Å². The second kappa shape index (κ2) is 10.4. The average Bonchev–Trinajstić information content (AvgIpc) is 2.48. The second-order valence-electron chi connectivity index (χ2n) is 5.85. The number of hydrogen-bond donors (Lipinski definition) is 1. The van der Waals surface area contributed by atoms with Crippen LogP contribution in [-0.4, -0.2) is 14.1 Å². The minimum Gasteiger partial charge on any atom is -0.507 e. The molecule has 21 heavy (non-hydrogen) atoms. The maximum atomic E-state index is 9.72. The Labute approximate surface area is 139 Å². The molecule has 0 radical (unpaired) electrons. The number of phenolic OH excluding ortho intramolecular Hbond substituents is 1. The Morgan fingerprint density at radius 2 is 1.81 bits per heavy atom. The Hall–Kier alpha value is -0.323. The van der Waals surface area contributed by atoms with Gasteiger partial charge in [0.1, 0.15) is 5.75 Å². The van der Waals surface area contributed by atoms with E-state index in [2.05, 4.69) is 36.3 Å². The fourth-order valence-electron chi connectivity index (χ4n) is 2.56. The van der Waals surface area contributed by atoms with Crippen molar-refractivity contribution in [3.8, 4) is 5.75 Å². The lowest BCUT2D eigenvalue weighted by Gasteiger charge is -2.23. The van der Waals surface area contributed by atoms with Crippen LogP contribution in [0.5, 0.6) is 5.75 Å². The van der Waals surface area contributed by atoms with Crippen LogP contribution in [0.15, 0.2) is 22.7 Å². The minimum absolute atomic E-state index is 0.291. The van der Waals surface area contributed by atoms with Gasteiger partial charge in [-0.2, -0.15) is 0 Å². The summed E-state index contributed by atoms with van der Waals surface area (Å²) in [6.07, 6.45) is 7.79. The van der Waals surface area contributed by atoms with Crippen LogP contribution in [0.3, 0.4) is 0 Å². The second-order valence-corrected chi connectivity index (χ2v) is 9.39. The molecule has 120 valence electrons. The van der Waals surface area contributed by atoms with E-state index in [0.29, 0.717) is 12.4 Å². The van der Waals surface area contributed by atoms with Gasteiger partial charge in [-0.05, 0) is 45.7 Å². The summed E-state index contributed by atoms with van der Waals surface area (Å²) in [6.45, 7) is 7.47. The fraction of sp³-hybridized carbons (Fsp3) is 0.647. The Balaban J connectivity index is 2.50. The molecule has 2 nitrogen and oxygen atoms in total. The fourth-order valence-corrected chi connectivity index (χ4v) is 4.94. The zero-order chi connectivity index (χ0) is 15.7. The van der Waals surface area contributed by atoms with Crippen LogP contribution in [0, 0.1) is 0 Å². The van der Waals surface area contributed by atoms with E-state index < -0.39 is 9.04 Å². The molecule has 0 bridgehead atoms. The molecule has 1 atom stereocenters. The van der Waals surface area contributed by atoms with Crippen molar-refractivity contribution in [1.82, 2.24) is 0 Å². The van der Waals surface area contributed by atoms with Crippen molar-refractivity contribution in [2.45, 2.75) is 71.1 Å². The quantitative estimate of drug-likeness (QED) is 0.527. The molecular formula is C17H29BrO2Si. The maximum absolute atomic E-state index is 9.72. The van der Waals surface area contributed by atoms with Crippen LogP contribution >= 0.6 is 15.9 Å². The van der Waals surface area contributed by atoms with Gasteiger partial charge in [0.25, 0.3) is 0 Å². The predicted octanol–water partition coefficient (Wildman–Crippen LogP) is 5.78. The van der Waals surface area contributed by atoms with Gasteiger partial charge >= 0.3 is 0 Å². The molecule has 0 aliphatic carbocycles. The highest BCUT2D eigenvalue weighted by Gasteiger charge is 2.19. The van der Waals surface area contributed by atoms with E-state index in [0.717, 1.165) is 15.6 Å². The molecule has 1 unspecified atom stereocenters. The molecule has 0 aromatic heterocycles. The largest absolute Gasteiger partial charge is 0.507 e. The molecule has 0 spiro atoms. The van der Waals surface area contributed by atoms with Gasteiger partial charge in [-0.15, -0.1) is 0 Å². The van der Waals surface area contributed by atoms with Gasteiger partial charge in [-0.25, -0.2) is 0 Å². The SMILES string of the molecule is CCCCC(CCCC)[SiH](C)OCc1ccc(Br)c(O)c1. The van der Waals surface area contributed by atoms with Crippen LogP contribution in [0.2, 0.25) is 12.1 Å². The van der Waals surface area contributed by atoms with Gasteiger partial charge in [0, 0.05) is 0 Å². The lowest BCUT2D eigenvalue weighted by molar-refractivity contribution is 0.297. The lowest BCUT2D eigenvalue weighted by atomic mass is 10.1. The van der Waals surface area contributed by atoms with E-state index in [9.17, 15) is 5.11 Å². The third kappa shape index (κ3) is 6.98. The molecule has 0 heterocycles. The third-order valence-corrected chi connectivity index (χ3v) is 7.40. The predicted molar refractivity (Wildman–Crippen MR) is 96.4 cm³/mol. The lowest BCUT2D eigenvalue weighted by Crippen LogP contribution is -2.21. The van der Waals surface area contributed by atoms with E-state index in [1.54, 1.807) is 6.07 Å². The zero-order valence-corrected chi connectivity index (χ0v) is 16.3. The Kier molecular flexibility index (Phi) is 9.28. The van der Waals surface area contributed by atoms with Gasteiger partial charge in [0.15, 0.2) is 9.04 Å². The summed E-state index contributed by atoms with van der Waals surface area (Å²) < 4.78 is 6.93. The molecule has 0 aliphatic heterocycles. The Morgan fingerprint density at radius 1 is 1.19 bits per heavy atom. The van der Waals surface area contributed by atoms with Crippen molar-refractivity contribution in [1.29, 1.82) is 0 Å². The topological polar surface area (TPSA) is 29.5 Å². The normalized spacial score (nSPS) is 12.8. The summed E-state index contributed by atoms with van der Waals surface area (Å²) in [6, 6.07) is 5.68. The molecular weight excluding hydrogens is 344 g/mol. The molecule has 0 amide bonds. The zero-order valence-electron chi connectivity index (χ0n) is 13.6. The van der Waals surface area contributed by atoms with Crippen LogP contribution in [0.4, 0.5) is 0 Å². The molecule has 4 heteroatoms. The molecule has 0 aliphatic rings. The Morgan fingerprint density at radius 3 is 2.33 bits per heavy atom. The monoisotopic (exact) mass is 372 g/mol. The van der Waals surface area contributed by atoms with Crippen molar-refractivity contribution in [2.75, 3.05) is 0 Å². The first-order valence-electron chi connectivity index (χ1n) is 8.17. The maximum Gasteiger partial charge on any atom is 0.177 e. The number of hydrogen-bond acceptors (Lipinski definition) is 2. The Bertz CT molecular complexity index is 404. The van der Waals surface area contributed by atoms with Crippen molar-refractivity contribution in [3.05, 3.63) is 28.2 Å². The van der Waals surface area contributed by atoms with Crippen LogP contribution in [0.25, 0.3) is 0 Å². The molecule has 0 fully saturated rings. The first-order valence-corrected chi connectivity index (χ1v) is 11.3. The number of benzene rings is 1. The molecule has 1 N–H and O–H groups in total. The summed E-state index contributed by atoms with van der Waals surface area (Å²) in [5.41, 5.74) is 1.84. The summed E-state index contributed by atoms with van der Waals surface area (Å²) in [5, 5.41) is 9.72. The highest BCUT2D eigenvalue weighted by molar-refractivity contribution is 9.10. The van der Waals surface area contributed by atoms with E-state index >= 15 is 0 Å².